The number of amides is 1. The standard InChI is InChI=1S/C19H20FN5O2/c1-11-17(12(2)27-24-11)19(26)21-13-7-8-15(20)14(10-13)18-23-22-16-6-4-3-5-9-25(16)18/h7-8,10H,3-6,9H2,1-2H3,(H,21,26). The molecule has 0 unspecified atom stereocenters. The minimum absolute atomic E-state index is 0.326. The first-order valence-electron chi connectivity index (χ1n) is 9.01. The number of benzene rings is 1. The molecule has 3 heterocycles. The number of nitrogens with one attached hydrogen (secondary N) is 1. The summed E-state index contributed by atoms with van der Waals surface area (Å²) < 4.78 is 21.5. The van der Waals surface area contributed by atoms with Gasteiger partial charge in [-0.1, -0.05) is 11.6 Å². The van der Waals surface area contributed by atoms with Crippen LogP contribution in [0.4, 0.5) is 10.1 Å². The van der Waals surface area contributed by atoms with Gasteiger partial charge in [0.15, 0.2) is 5.82 Å². The van der Waals surface area contributed by atoms with Gasteiger partial charge in [-0.2, -0.15) is 0 Å². The van der Waals surface area contributed by atoms with E-state index in [1.54, 1.807) is 19.9 Å². The summed E-state index contributed by atoms with van der Waals surface area (Å²) in [6.45, 7) is 4.15. The highest BCUT2D eigenvalue weighted by atomic mass is 19.1. The minimum Gasteiger partial charge on any atom is -0.361 e. The number of anilines is 1. The van der Waals surface area contributed by atoms with E-state index >= 15 is 0 Å². The summed E-state index contributed by atoms with van der Waals surface area (Å²) in [6, 6.07) is 4.44. The fraction of sp³-hybridized carbons (Fsp3) is 0.368. The van der Waals surface area contributed by atoms with Gasteiger partial charge < -0.3 is 14.4 Å². The van der Waals surface area contributed by atoms with Crippen molar-refractivity contribution in [1.82, 2.24) is 19.9 Å². The molecule has 2 aromatic heterocycles. The number of hydrogen-bond donors (Lipinski definition) is 1. The molecule has 0 atom stereocenters. The molecule has 1 aliphatic heterocycles. The van der Waals surface area contributed by atoms with Crippen LogP contribution in [-0.4, -0.2) is 25.8 Å². The van der Waals surface area contributed by atoms with E-state index in [0.29, 0.717) is 34.1 Å². The molecule has 7 nitrogen and oxygen atoms in total. The molecule has 0 spiro atoms. The number of carbonyl (C=O) groups is 1. The van der Waals surface area contributed by atoms with Gasteiger partial charge in [0, 0.05) is 18.7 Å². The highest BCUT2D eigenvalue weighted by molar-refractivity contribution is 6.05. The second kappa shape index (κ2) is 6.94. The second-order valence-corrected chi connectivity index (χ2v) is 6.75. The van der Waals surface area contributed by atoms with Gasteiger partial charge in [-0.15, -0.1) is 10.2 Å². The van der Waals surface area contributed by atoms with E-state index in [1.165, 1.54) is 12.1 Å². The molecule has 0 aliphatic carbocycles. The molecular weight excluding hydrogens is 349 g/mol. The average molecular weight is 369 g/mol. The van der Waals surface area contributed by atoms with E-state index in [4.69, 9.17) is 4.52 Å². The molecule has 27 heavy (non-hydrogen) atoms. The zero-order valence-corrected chi connectivity index (χ0v) is 15.3. The molecule has 4 rings (SSSR count). The second-order valence-electron chi connectivity index (χ2n) is 6.75. The Morgan fingerprint density at radius 2 is 2.07 bits per heavy atom. The third-order valence-corrected chi connectivity index (χ3v) is 4.84. The SMILES string of the molecule is Cc1noc(C)c1C(=O)Nc1ccc(F)c(-c2nnc3n2CCCCC3)c1. The van der Waals surface area contributed by atoms with Gasteiger partial charge in [0.25, 0.3) is 5.91 Å². The van der Waals surface area contributed by atoms with E-state index in [9.17, 15) is 9.18 Å². The molecule has 1 aliphatic rings. The summed E-state index contributed by atoms with van der Waals surface area (Å²) in [5, 5.41) is 15.0. The first-order valence-corrected chi connectivity index (χ1v) is 9.01. The van der Waals surface area contributed by atoms with Gasteiger partial charge in [0.2, 0.25) is 0 Å². The van der Waals surface area contributed by atoms with Crippen molar-refractivity contribution in [3.63, 3.8) is 0 Å². The average Bonchev–Trinajstić information content (AvgIpc) is 3.10. The van der Waals surface area contributed by atoms with Crippen molar-refractivity contribution in [3.05, 3.63) is 46.9 Å². The van der Waals surface area contributed by atoms with Crippen molar-refractivity contribution >= 4 is 11.6 Å². The molecule has 0 radical (unpaired) electrons. The summed E-state index contributed by atoms with van der Waals surface area (Å²) in [5.74, 6) is 1.08. The molecule has 8 heteroatoms. The number of halogens is 1. The van der Waals surface area contributed by atoms with Crippen molar-refractivity contribution in [1.29, 1.82) is 0 Å². The van der Waals surface area contributed by atoms with Crippen LogP contribution in [0.25, 0.3) is 11.4 Å². The van der Waals surface area contributed by atoms with Crippen LogP contribution in [0, 0.1) is 19.7 Å². The van der Waals surface area contributed by atoms with E-state index in [0.717, 1.165) is 38.1 Å². The lowest BCUT2D eigenvalue weighted by molar-refractivity contribution is 0.102. The van der Waals surface area contributed by atoms with Crippen LogP contribution < -0.4 is 5.32 Å². The van der Waals surface area contributed by atoms with Crippen LogP contribution in [0.2, 0.25) is 0 Å². The smallest absolute Gasteiger partial charge is 0.261 e. The summed E-state index contributed by atoms with van der Waals surface area (Å²) in [7, 11) is 0. The van der Waals surface area contributed by atoms with E-state index in [2.05, 4.69) is 20.7 Å². The predicted molar refractivity (Wildman–Crippen MR) is 96.9 cm³/mol. The molecular formula is C19H20FN5O2. The van der Waals surface area contributed by atoms with Crippen LogP contribution in [0.1, 0.15) is 46.9 Å². The molecule has 0 bridgehead atoms. The van der Waals surface area contributed by atoms with Gasteiger partial charge in [-0.05, 0) is 44.9 Å². The Hall–Kier alpha value is -3.03. The topological polar surface area (TPSA) is 85.8 Å². The first-order chi connectivity index (χ1) is 13.0. The van der Waals surface area contributed by atoms with Crippen LogP contribution >= 0.6 is 0 Å². The van der Waals surface area contributed by atoms with E-state index in [-0.39, 0.29) is 5.91 Å². The molecule has 0 saturated carbocycles. The Bertz CT molecular complexity index is 988. The Balaban J connectivity index is 1.67. The molecule has 1 amide bonds. The summed E-state index contributed by atoms with van der Waals surface area (Å²) in [5.41, 5.74) is 1.70. The van der Waals surface area contributed by atoms with Gasteiger partial charge >= 0.3 is 0 Å². The Kier molecular flexibility index (Phi) is 4.47. The minimum atomic E-state index is -0.398. The summed E-state index contributed by atoms with van der Waals surface area (Å²) in [4.78, 5) is 12.5. The third kappa shape index (κ3) is 3.22. The number of aryl methyl sites for hydroxylation is 3. The molecule has 140 valence electrons. The van der Waals surface area contributed by atoms with Gasteiger partial charge in [-0.25, -0.2) is 4.39 Å². The van der Waals surface area contributed by atoms with Crippen LogP contribution in [-0.2, 0) is 13.0 Å². The lowest BCUT2D eigenvalue weighted by Crippen LogP contribution is -2.14. The zero-order chi connectivity index (χ0) is 19.0. The van der Waals surface area contributed by atoms with Crippen molar-refractivity contribution < 1.29 is 13.7 Å². The normalized spacial score (nSPS) is 13.9. The lowest BCUT2D eigenvalue weighted by Gasteiger charge is -2.10. The van der Waals surface area contributed by atoms with Gasteiger partial charge in [0.05, 0.1) is 11.3 Å². The monoisotopic (exact) mass is 369 g/mol. The number of hydrogen-bond acceptors (Lipinski definition) is 5. The first kappa shape index (κ1) is 17.4. The molecule has 0 saturated heterocycles. The number of aromatic nitrogens is 4. The maximum absolute atomic E-state index is 14.5. The molecule has 1 N–H and O–H groups in total. The van der Waals surface area contributed by atoms with Crippen LogP contribution in [0.5, 0.6) is 0 Å². The number of rotatable bonds is 3. The maximum atomic E-state index is 14.5. The lowest BCUT2D eigenvalue weighted by atomic mass is 10.1. The molecule has 3 aromatic rings. The molecule has 0 fully saturated rings. The summed E-state index contributed by atoms with van der Waals surface area (Å²) in [6.07, 6.45) is 4.05. The predicted octanol–water partition coefficient (Wildman–Crippen LogP) is 3.67. The van der Waals surface area contributed by atoms with Crippen molar-refractivity contribution in [2.75, 3.05) is 5.32 Å². The maximum Gasteiger partial charge on any atom is 0.261 e. The van der Waals surface area contributed by atoms with E-state index < -0.39 is 5.82 Å². The van der Waals surface area contributed by atoms with Gasteiger partial charge in [-0.3, -0.25) is 4.79 Å². The highest BCUT2D eigenvalue weighted by Crippen LogP contribution is 2.28. The van der Waals surface area contributed by atoms with Crippen molar-refractivity contribution in [2.45, 2.75) is 46.1 Å². The Labute approximate surface area is 155 Å². The Morgan fingerprint density at radius 3 is 2.85 bits per heavy atom. The van der Waals surface area contributed by atoms with Crippen molar-refractivity contribution in [2.24, 2.45) is 0 Å². The fourth-order valence-electron chi connectivity index (χ4n) is 3.46. The van der Waals surface area contributed by atoms with Crippen LogP contribution in [0.3, 0.4) is 0 Å². The molecule has 1 aromatic carbocycles. The number of nitrogens with zero attached hydrogens (tertiary/aromatic N) is 4. The number of fused-ring (bicyclic) bond motifs is 1. The van der Waals surface area contributed by atoms with Crippen molar-refractivity contribution in [3.8, 4) is 11.4 Å². The van der Waals surface area contributed by atoms with Gasteiger partial charge in [0.1, 0.15) is 23.0 Å². The quantitative estimate of drug-likeness (QED) is 0.761. The van der Waals surface area contributed by atoms with Crippen LogP contribution in [0.15, 0.2) is 22.7 Å². The zero-order valence-electron chi connectivity index (χ0n) is 15.3. The fourth-order valence-corrected chi connectivity index (χ4v) is 3.46. The Morgan fingerprint density at radius 1 is 1.22 bits per heavy atom. The largest absolute Gasteiger partial charge is 0.361 e. The number of carbonyl (C=O) groups excluding carboxylic acids is 1. The highest BCUT2D eigenvalue weighted by Gasteiger charge is 2.21. The van der Waals surface area contributed by atoms with E-state index in [1.807, 2.05) is 4.57 Å². The summed E-state index contributed by atoms with van der Waals surface area (Å²) >= 11 is 0. The third-order valence-electron chi connectivity index (χ3n) is 4.84.